The van der Waals surface area contributed by atoms with Crippen LogP contribution in [0.1, 0.15) is 0 Å². The number of nitrogens with two attached hydrogens (primary N) is 1. The van der Waals surface area contributed by atoms with Crippen molar-refractivity contribution in [3.63, 3.8) is 0 Å². The van der Waals surface area contributed by atoms with Gasteiger partial charge in [0.15, 0.2) is 0 Å². The minimum Gasteiger partial charge on any atom is -0.397 e. The van der Waals surface area contributed by atoms with E-state index in [-0.39, 0.29) is 5.56 Å². The monoisotopic (exact) mass is 305 g/mol. The molecule has 6 nitrogen and oxygen atoms in total. The second kappa shape index (κ2) is 4.88. The summed E-state index contributed by atoms with van der Waals surface area (Å²) >= 11 is 0. The van der Waals surface area contributed by atoms with Gasteiger partial charge in [0, 0.05) is 18.1 Å². The molecule has 2 aromatic heterocycles. The normalized spacial score (nSPS) is 11.2. The number of aromatic nitrogens is 3. The van der Waals surface area contributed by atoms with Crippen LogP contribution in [-0.4, -0.2) is 22.0 Å². The van der Waals surface area contributed by atoms with Crippen LogP contribution in [0.4, 0.5) is 11.4 Å². The first-order valence-electron chi connectivity index (χ1n) is 7.26. The lowest BCUT2D eigenvalue weighted by Crippen LogP contribution is -2.13. The van der Waals surface area contributed by atoms with Crippen LogP contribution in [0.2, 0.25) is 0 Å². The second-order valence-corrected chi connectivity index (χ2v) is 5.36. The molecule has 0 atom stereocenters. The third-order valence-electron chi connectivity index (χ3n) is 3.97. The zero-order valence-electron chi connectivity index (χ0n) is 12.5. The Hall–Kier alpha value is -3.28. The van der Waals surface area contributed by atoms with Gasteiger partial charge in [0.25, 0.3) is 5.56 Å². The van der Waals surface area contributed by atoms with Gasteiger partial charge in [0.1, 0.15) is 11.4 Å². The molecule has 0 aliphatic rings. The Kier molecular flexibility index (Phi) is 2.84. The van der Waals surface area contributed by atoms with Crippen LogP contribution in [0.5, 0.6) is 0 Å². The fourth-order valence-corrected chi connectivity index (χ4v) is 2.78. The molecule has 6 heteroatoms. The number of aromatic amines is 2. The predicted molar refractivity (Wildman–Crippen MR) is 93.6 cm³/mol. The first-order valence-corrected chi connectivity index (χ1v) is 7.26. The Balaban J connectivity index is 2.00. The van der Waals surface area contributed by atoms with Gasteiger partial charge in [0.05, 0.1) is 22.2 Å². The molecule has 114 valence electrons. The van der Waals surface area contributed by atoms with Gasteiger partial charge in [-0.1, -0.05) is 18.2 Å². The van der Waals surface area contributed by atoms with Gasteiger partial charge in [-0.05, 0) is 24.3 Å². The molecule has 23 heavy (non-hydrogen) atoms. The van der Waals surface area contributed by atoms with E-state index in [0.717, 1.165) is 22.1 Å². The predicted octanol–water partition coefficient (Wildman–Crippen LogP) is 2.70. The van der Waals surface area contributed by atoms with Crippen LogP contribution in [-0.2, 0) is 0 Å². The number of nitrogens with one attached hydrogen (secondary N) is 3. The fourth-order valence-electron chi connectivity index (χ4n) is 2.78. The van der Waals surface area contributed by atoms with Gasteiger partial charge in [-0.25, -0.2) is 4.98 Å². The summed E-state index contributed by atoms with van der Waals surface area (Å²) < 4.78 is 0. The van der Waals surface area contributed by atoms with Gasteiger partial charge < -0.3 is 21.0 Å². The molecular formula is C17H15N5O. The van der Waals surface area contributed by atoms with Crippen molar-refractivity contribution in [2.45, 2.75) is 0 Å². The number of rotatable bonds is 2. The highest BCUT2D eigenvalue weighted by atomic mass is 16.1. The van der Waals surface area contributed by atoms with Crippen molar-refractivity contribution >= 4 is 33.3 Å². The van der Waals surface area contributed by atoms with Gasteiger partial charge in [-0.3, -0.25) is 4.79 Å². The van der Waals surface area contributed by atoms with Gasteiger partial charge in [0.2, 0.25) is 0 Å². The summed E-state index contributed by atoms with van der Waals surface area (Å²) in [5, 5.41) is 3.87. The Morgan fingerprint density at radius 1 is 1.09 bits per heavy atom. The maximum absolute atomic E-state index is 12.4. The lowest BCUT2D eigenvalue weighted by atomic mass is 10.1. The number of imidazole rings is 1. The van der Waals surface area contributed by atoms with Crippen molar-refractivity contribution in [2.75, 3.05) is 18.1 Å². The van der Waals surface area contributed by atoms with E-state index in [0.29, 0.717) is 22.6 Å². The fraction of sp³-hybridized carbons (Fsp3) is 0.0588. The molecule has 0 saturated heterocycles. The highest BCUT2D eigenvalue weighted by Crippen LogP contribution is 2.28. The van der Waals surface area contributed by atoms with Crippen LogP contribution >= 0.6 is 0 Å². The zero-order valence-corrected chi connectivity index (χ0v) is 12.5. The van der Waals surface area contributed by atoms with E-state index in [2.05, 4.69) is 20.3 Å². The quantitative estimate of drug-likeness (QED) is 0.457. The van der Waals surface area contributed by atoms with Crippen LogP contribution in [0, 0.1) is 0 Å². The average Bonchev–Trinajstić information content (AvgIpc) is 2.97. The number of pyridine rings is 1. The molecule has 5 N–H and O–H groups in total. The highest BCUT2D eigenvalue weighted by molar-refractivity contribution is 5.97. The van der Waals surface area contributed by atoms with Crippen LogP contribution in [0.25, 0.3) is 33.3 Å². The first kappa shape index (κ1) is 13.4. The van der Waals surface area contributed by atoms with Crippen molar-refractivity contribution in [3.05, 3.63) is 52.8 Å². The number of anilines is 2. The van der Waals surface area contributed by atoms with E-state index in [4.69, 9.17) is 5.73 Å². The van der Waals surface area contributed by atoms with Crippen molar-refractivity contribution in [3.8, 4) is 11.4 Å². The molecule has 0 bridgehead atoms. The standard InChI is InChI=1S/C17H15N5O/c1-19-9-6-7-12-13(8-9)21-16(20-12)14-15(18)10-4-2-3-5-11(10)22-17(14)23/h2-8,19H,1H3,(H,20,21)(H3,18,22,23). The second-order valence-electron chi connectivity index (χ2n) is 5.36. The summed E-state index contributed by atoms with van der Waals surface area (Å²) in [4.78, 5) is 23.0. The Morgan fingerprint density at radius 3 is 2.74 bits per heavy atom. The van der Waals surface area contributed by atoms with E-state index in [1.54, 1.807) is 0 Å². The van der Waals surface area contributed by atoms with E-state index < -0.39 is 0 Å². The maximum atomic E-state index is 12.4. The molecule has 2 aromatic carbocycles. The molecule has 4 aromatic rings. The summed E-state index contributed by atoms with van der Waals surface area (Å²) in [6.45, 7) is 0. The van der Waals surface area contributed by atoms with Gasteiger partial charge in [-0.2, -0.15) is 0 Å². The number of hydrogen-bond acceptors (Lipinski definition) is 4. The van der Waals surface area contributed by atoms with Crippen LogP contribution in [0.3, 0.4) is 0 Å². The van der Waals surface area contributed by atoms with Gasteiger partial charge >= 0.3 is 0 Å². The summed E-state index contributed by atoms with van der Waals surface area (Å²) in [6.07, 6.45) is 0. The molecule has 2 heterocycles. The molecular weight excluding hydrogens is 290 g/mol. The van der Waals surface area contributed by atoms with Crippen molar-refractivity contribution in [1.82, 2.24) is 15.0 Å². The topological polar surface area (TPSA) is 99.6 Å². The third-order valence-corrected chi connectivity index (χ3v) is 3.97. The number of fused-ring (bicyclic) bond motifs is 2. The molecule has 0 saturated carbocycles. The molecule has 0 unspecified atom stereocenters. The molecule has 0 spiro atoms. The largest absolute Gasteiger partial charge is 0.397 e. The van der Waals surface area contributed by atoms with E-state index in [1.807, 2.05) is 49.5 Å². The Morgan fingerprint density at radius 2 is 1.91 bits per heavy atom. The van der Waals surface area contributed by atoms with E-state index >= 15 is 0 Å². The van der Waals surface area contributed by atoms with Gasteiger partial charge in [-0.15, -0.1) is 0 Å². The average molecular weight is 305 g/mol. The SMILES string of the molecule is CNc1ccc2[nH]c(-c3c(N)c4ccccc4[nH]c3=O)nc2c1. The summed E-state index contributed by atoms with van der Waals surface area (Å²) in [7, 11) is 1.85. The van der Waals surface area contributed by atoms with E-state index in [9.17, 15) is 4.79 Å². The third kappa shape index (κ3) is 2.03. The molecule has 0 amide bonds. The number of nitrogens with zero attached hydrogens (tertiary/aromatic N) is 1. The number of para-hydroxylation sites is 1. The number of nitrogen functional groups attached to an aromatic ring is 1. The first-order chi connectivity index (χ1) is 11.2. The summed E-state index contributed by atoms with van der Waals surface area (Å²) in [6, 6.07) is 13.2. The zero-order chi connectivity index (χ0) is 16.0. The number of benzene rings is 2. The molecule has 4 rings (SSSR count). The smallest absolute Gasteiger partial charge is 0.261 e. The maximum Gasteiger partial charge on any atom is 0.261 e. The molecule has 0 aliphatic carbocycles. The minimum absolute atomic E-state index is 0.255. The number of hydrogen-bond donors (Lipinski definition) is 4. The minimum atomic E-state index is -0.255. The molecule has 0 fully saturated rings. The summed E-state index contributed by atoms with van der Waals surface area (Å²) in [5.74, 6) is 0.470. The molecule has 0 radical (unpaired) electrons. The summed E-state index contributed by atoms with van der Waals surface area (Å²) in [5.41, 5.74) is 10.1. The Bertz CT molecular complexity index is 1090. The van der Waals surface area contributed by atoms with Crippen molar-refractivity contribution in [1.29, 1.82) is 0 Å². The van der Waals surface area contributed by atoms with E-state index in [1.165, 1.54) is 0 Å². The Labute approximate surface area is 131 Å². The molecule has 0 aliphatic heterocycles. The van der Waals surface area contributed by atoms with Crippen molar-refractivity contribution in [2.24, 2.45) is 0 Å². The van der Waals surface area contributed by atoms with Crippen LogP contribution < -0.4 is 16.6 Å². The lowest BCUT2D eigenvalue weighted by molar-refractivity contribution is 1.25. The lowest BCUT2D eigenvalue weighted by Gasteiger charge is -2.06. The van der Waals surface area contributed by atoms with Crippen LogP contribution in [0.15, 0.2) is 47.3 Å². The van der Waals surface area contributed by atoms with Crippen molar-refractivity contribution < 1.29 is 0 Å². The number of H-pyrrole nitrogens is 2. The highest BCUT2D eigenvalue weighted by Gasteiger charge is 2.15.